The van der Waals surface area contributed by atoms with E-state index in [0.717, 1.165) is 6.42 Å². The molecule has 286 valence electrons. The van der Waals surface area contributed by atoms with Gasteiger partial charge in [-0.25, -0.2) is 0 Å². The van der Waals surface area contributed by atoms with E-state index in [4.69, 9.17) is 62.3 Å². The Bertz CT molecular complexity index is 838. The summed E-state index contributed by atoms with van der Waals surface area (Å²) in [4.78, 5) is 10.5. The van der Waals surface area contributed by atoms with Gasteiger partial charge in [-0.05, 0) is 52.6 Å². The van der Waals surface area contributed by atoms with Crippen LogP contribution < -0.4 is 33.6 Å². The van der Waals surface area contributed by atoms with Gasteiger partial charge in [0.15, 0.2) is 18.9 Å². The monoisotopic (exact) mass is 702 g/mol. The van der Waals surface area contributed by atoms with Crippen molar-refractivity contribution in [3.8, 4) is 0 Å². The van der Waals surface area contributed by atoms with Gasteiger partial charge in [0, 0.05) is 32.0 Å². The summed E-state index contributed by atoms with van der Waals surface area (Å²) in [7, 11) is 1.79. The lowest BCUT2D eigenvalue weighted by atomic mass is 9.86. The zero-order valence-corrected chi connectivity index (χ0v) is 27.9. The maximum absolute atomic E-state index is 10.5. The molecule has 1 amide bonds. The summed E-state index contributed by atoms with van der Waals surface area (Å²) < 4.78 is 21.1. The van der Waals surface area contributed by atoms with Crippen LogP contribution >= 0.6 is 0 Å². The molecular formula is C29H62N6O13. The predicted octanol–water partition coefficient (Wildman–Crippen LogP) is -6.04. The van der Waals surface area contributed by atoms with Crippen LogP contribution in [-0.2, 0) is 23.7 Å². The highest BCUT2D eigenvalue weighted by Crippen LogP contribution is 2.27. The van der Waals surface area contributed by atoms with Gasteiger partial charge in [-0.1, -0.05) is 0 Å². The first-order valence-electron chi connectivity index (χ1n) is 16.5. The second-order valence-corrected chi connectivity index (χ2v) is 12.4. The number of rotatable bonds is 10. The van der Waals surface area contributed by atoms with Gasteiger partial charge in [-0.3, -0.25) is 4.79 Å². The SMILES string of the molecule is CC(O)CCN.CNCC1O[C@H](O)CC[C@@H]1O.NC1CC(NC=O)[C@H](O)C(OC2CCC(CO)O2)C1.NC[C@@H]1O[C@H](O)[C@H](N)C(O)[C@@H]1O. The Labute approximate surface area is 281 Å². The maximum atomic E-state index is 10.5. The molecule has 0 radical (unpaired) electrons. The zero-order valence-electron chi connectivity index (χ0n) is 27.9. The lowest BCUT2D eigenvalue weighted by Gasteiger charge is -2.38. The van der Waals surface area contributed by atoms with Crippen LogP contribution in [0.2, 0.25) is 0 Å². The summed E-state index contributed by atoms with van der Waals surface area (Å²) in [5.74, 6) is 0. The maximum Gasteiger partial charge on any atom is 0.207 e. The third kappa shape index (κ3) is 15.8. The van der Waals surface area contributed by atoms with Gasteiger partial charge >= 0.3 is 0 Å². The van der Waals surface area contributed by atoms with Crippen molar-refractivity contribution >= 4 is 6.41 Å². The lowest BCUT2D eigenvalue weighted by Crippen LogP contribution is -2.62. The molecule has 0 bridgehead atoms. The largest absolute Gasteiger partial charge is 0.394 e. The molecule has 1 aliphatic carbocycles. The van der Waals surface area contributed by atoms with Crippen LogP contribution in [-0.4, -0.2) is 172 Å². The summed E-state index contributed by atoms with van der Waals surface area (Å²) in [6.07, 6.45) is -2.91. The Morgan fingerprint density at radius 1 is 0.917 bits per heavy atom. The fourth-order valence-electron chi connectivity index (χ4n) is 5.40. The lowest BCUT2D eigenvalue weighted by molar-refractivity contribution is -0.238. The molecule has 15 atom stereocenters. The highest BCUT2D eigenvalue weighted by molar-refractivity contribution is 5.47. The molecule has 4 rings (SSSR count). The Morgan fingerprint density at radius 3 is 2.12 bits per heavy atom. The van der Waals surface area contributed by atoms with E-state index in [2.05, 4.69) is 10.6 Å². The fourth-order valence-corrected chi connectivity index (χ4v) is 5.40. The van der Waals surface area contributed by atoms with Crippen molar-refractivity contribution in [2.24, 2.45) is 22.9 Å². The van der Waals surface area contributed by atoms with Crippen molar-refractivity contribution in [2.45, 2.75) is 144 Å². The summed E-state index contributed by atoms with van der Waals surface area (Å²) >= 11 is 0. The van der Waals surface area contributed by atoms with Crippen LogP contribution in [0.3, 0.4) is 0 Å². The van der Waals surface area contributed by atoms with Crippen molar-refractivity contribution in [3.63, 3.8) is 0 Å². The molecule has 18 N–H and O–H groups in total. The van der Waals surface area contributed by atoms with E-state index in [0.29, 0.717) is 58.0 Å². The van der Waals surface area contributed by atoms with Crippen molar-refractivity contribution in [3.05, 3.63) is 0 Å². The summed E-state index contributed by atoms with van der Waals surface area (Å²) in [6.45, 7) is 2.90. The number of nitrogens with one attached hydrogen (secondary N) is 2. The van der Waals surface area contributed by atoms with E-state index in [-0.39, 0.29) is 43.5 Å². The van der Waals surface area contributed by atoms with Crippen LogP contribution in [0, 0.1) is 0 Å². The molecule has 3 aliphatic heterocycles. The van der Waals surface area contributed by atoms with Crippen molar-refractivity contribution < 1.29 is 64.6 Å². The molecule has 19 nitrogen and oxygen atoms in total. The molecule has 3 heterocycles. The van der Waals surface area contributed by atoms with E-state index in [1.807, 2.05) is 0 Å². The molecule has 4 aliphatic rings. The number of aliphatic hydroxyl groups is 8. The molecular weight excluding hydrogens is 640 g/mol. The van der Waals surface area contributed by atoms with Gasteiger partial charge in [0.25, 0.3) is 0 Å². The number of hydrogen-bond donors (Lipinski definition) is 14. The van der Waals surface area contributed by atoms with Gasteiger partial charge in [0.05, 0.1) is 49.2 Å². The van der Waals surface area contributed by atoms with E-state index < -0.39 is 61.5 Å². The number of likely N-dealkylation sites (N-methyl/N-ethyl adjacent to an activating group) is 1. The number of carbonyl (C=O) groups excluding carboxylic acids is 1. The Morgan fingerprint density at radius 2 is 1.60 bits per heavy atom. The van der Waals surface area contributed by atoms with Crippen LogP contribution in [0.5, 0.6) is 0 Å². The molecule has 0 aromatic carbocycles. The smallest absolute Gasteiger partial charge is 0.207 e. The second kappa shape index (κ2) is 24.1. The molecule has 4 fully saturated rings. The number of amides is 1. The van der Waals surface area contributed by atoms with Gasteiger partial charge in [-0.2, -0.15) is 0 Å². The minimum Gasteiger partial charge on any atom is -0.394 e. The molecule has 1 saturated carbocycles. The first-order chi connectivity index (χ1) is 22.7. The summed E-state index contributed by atoms with van der Waals surface area (Å²) in [6, 6.07) is -1.50. The molecule has 48 heavy (non-hydrogen) atoms. The minimum absolute atomic E-state index is 0.0259. The first kappa shape index (κ1) is 44.8. The van der Waals surface area contributed by atoms with E-state index in [9.17, 15) is 25.2 Å². The normalized spacial score (nSPS) is 40.1. The minimum atomic E-state index is -1.27. The Kier molecular flexibility index (Phi) is 22.5. The van der Waals surface area contributed by atoms with Crippen molar-refractivity contribution in [1.29, 1.82) is 0 Å². The number of ether oxygens (including phenoxy) is 4. The third-order valence-electron chi connectivity index (χ3n) is 8.23. The number of carbonyl (C=O) groups is 1. The van der Waals surface area contributed by atoms with Gasteiger partial charge in [0.1, 0.15) is 24.4 Å². The quantitative estimate of drug-likeness (QED) is 0.0942. The van der Waals surface area contributed by atoms with Gasteiger partial charge < -0.3 is 93.4 Å². The first-order valence-corrected chi connectivity index (χ1v) is 16.5. The van der Waals surface area contributed by atoms with Crippen LogP contribution in [0.1, 0.15) is 51.9 Å². The van der Waals surface area contributed by atoms with Crippen LogP contribution in [0.25, 0.3) is 0 Å². The highest BCUT2D eigenvalue weighted by atomic mass is 16.7. The third-order valence-corrected chi connectivity index (χ3v) is 8.23. The number of hydrogen-bond acceptors (Lipinski definition) is 18. The van der Waals surface area contributed by atoms with Crippen LogP contribution in [0.4, 0.5) is 0 Å². The Hall–Kier alpha value is -1.21. The zero-order chi connectivity index (χ0) is 36.4. The number of aliphatic hydroxyl groups excluding tert-OH is 8. The Balaban J connectivity index is 0.000000345. The second-order valence-electron chi connectivity index (χ2n) is 12.4. The average molecular weight is 703 g/mol. The van der Waals surface area contributed by atoms with Crippen LogP contribution in [0.15, 0.2) is 0 Å². The van der Waals surface area contributed by atoms with Gasteiger partial charge in [-0.15, -0.1) is 0 Å². The molecule has 19 heteroatoms. The molecule has 0 aromatic rings. The van der Waals surface area contributed by atoms with E-state index in [1.54, 1.807) is 14.0 Å². The standard InChI is InChI=1S/C12H22N2O5.C7H15NO3.C6H14N2O4.C4H11NO/c13-7-3-9(14-6-16)12(17)10(4-7)19-11-2-1-8(5-15)18-11;1-8-4-6-5(9)2-3-7(10)11-6;7-1-2-4(9)5(10)3(8)6(11)12-2;1-4(6)2-3-5/h6-12,15,17H,1-5,13H2,(H,14,16);5-10H,2-4H2,1H3;2-6,9-11H,1,7-8H2;4,6H,2-3,5H2,1H3/t7?,8?,9?,10?,11?,12-;5-,6?,7-;2-,3+,4+,5?,6-;/m000./s1. The summed E-state index contributed by atoms with van der Waals surface area (Å²) in [5, 5.41) is 79.1. The van der Waals surface area contributed by atoms with E-state index in [1.165, 1.54) is 0 Å². The van der Waals surface area contributed by atoms with E-state index >= 15 is 0 Å². The fraction of sp³-hybridized carbons (Fsp3) is 0.966. The number of nitrogens with two attached hydrogens (primary N) is 4. The average Bonchev–Trinajstić information content (AvgIpc) is 3.50. The summed E-state index contributed by atoms with van der Waals surface area (Å²) in [5.41, 5.74) is 21.5. The molecule has 0 aromatic heterocycles. The molecule has 8 unspecified atom stereocenters. The van der Waals surface area contributed by atoms with Gasteiger partial charge in [0.2, 0.25) is 6.41 Å². The topological polar surface area (TPSA) is 344 Å². The molecule has 0 spiro atoms. The van der Waals surface area contributed by atoms with Crippen molar-refractivity contribution in [1.82, 2.24) is 10.6 Å². The van der Waals surface area contributed by atoms with Crippen molar-refractivity contribution in [2.75, 3.05) is 33.3 Å². The molecule has 3 saturated heterocycles. The highest BCUT2D eigenvalue weighted by Gasteiger charge is 2.41. The predicted molar refractivity (Wildman–Crippen MR) is 171 cm³/mol.